The van der Waals surface area contributed by atoms with Crippen LogP contribution in [0.4, 0.5) is 0 Å². The smallest absolute Gasteiger partial charge is 0.307 e. The van der Waals surface area contributed by atoms with Crippen molar-refractivity contribution in [3.05, 3.63) is 28.8 Å². The van der Waals surface area contributed by atoms with Gasteiger partial charge < -0.3 is 5.11 Å². The van der Waals surface area contributed by atoms with Crippen LogP contribution in [0.3, 0.4) is 0 Å². The largest absolute Gasteiger partial charge is 0.481 e. The average Bonchev–Trinajstić information content (AvgIpc) is 2.08. The summed E-state index contributed by atoms with van der Waals surface area (Å²) in [6.07, 6.45) is 4.76. The Morgan fingerprint density at radius 3 is 3.00 bits per heavy atom. The molecule has 0 aliphatic rings. The Morgan fingerprint density at radius 2 is 2.43 bits per heavy atom. The van der Waals surface area contributed by atoms with E-state index in [1.165, 1.54) is 0 Å². The predicted molar refractivity (Wildman–Crippen MR) is 53.1 cm³/mol. The highest BCUT2D eigenvalue weighted by atomic mass is 35.5. The van der Waals surface area contributed by atoms with Gasteiger partial charge in [0.2, 0.25) is 5.28 Å². The molecule has 1 aromatic heterocycles. The van der Waals surface area contributed by atoms with Gasteiger partial charge in [-0.3, -0.25) is 4.79 Å². The molecule has 1 heterocycles. The Labute approximate surface area is 86.3 Å². The summed E-state index contributed by atoms with van der Waals surface area (Å²) in [5.41, 5.74) is 1.50. The van der Waals surface area contributed by atoms with E-state index in [4.69, 9.17) is 16.7 Å². The lowest BCUT2D eigenvalue weighted by atomic mass is 10.2. The molecule has 0 radical (unpaired) electrons. The van der Waals surface area contributed by atoms with Gasteiger partial charge in [0.05, 0.1) is 6.42 Å². The van der Waals surface area contributed by atoms with Gasteiger partial charge in [0.1, 0.15) is 0 Å². The van der Waals surface area contributed by atoms with Crippen molar-refractivity contribution in [1.82, 2.24) is 9.97 Å². The molecule has 1 N–H and O–H groups in total. The van der Waals surface area contributed by atoms with Crippen LogP contribution in [0.25, 0.3) is 6.08 Å². The molecule has 0 atom stereocenters. The molecule has 0 amide bonds. The monoisotopic (exact) mass is 212 g/mol. The van der Waals surface area contributed by atoms with Crippen LogP contribution >= 0.6 is 11.6 Å². The summed E-state index contributed by atoms with van der Waals surface area (Å²) < 4.78 is 0. The van der Waals surface area contributed by atoms with Crippen molar-refractivity contribution in [2.24, 2.45) is 0 Å². The number of aliphatic carboxylic acids is 1. The van der Waals surface area contributed by atoms with Gasteiger partial charge in [0.25, 0.3) is 0 Å². The van der Waals surface area contributed by atoms with Crippen molar-refractivity contribution >= 4 is 23.6 Å². The number of nitrogens with zero attached hydrogens (tertiary/aromatic N) is 2. The Bertz CT molecular complexity index is 377. The number of rotatable bonds is 3. The second-order valence-corrected chi connectivity index (χ2v) is 3.02. The van der Waals surface area contributed by atoms with E-state index >= 15 is 0 Å². The maximum Gasteiger partial charge on any atom is 0.307 e. The quantitative estimate of drug-likeness (QED) is 0.778. The number of aromatic nitrogens is 2. The fraction of sp³-hybridized carbons (Fsp3) is 0.222. The van der Waals surface area contributed by atoms with Gasteiger partial charge in [0.15, 0.2) is 0 Å². The summed E-state index contributed by atoms with van der Waals surface area (Å²) >= 11 is 5.56. The van der Waals surface area contributed by atoms with E-state index in [-0.39, 0.29) is 11.7 Å². The van der Waals surface area contributed by atoms with Crippen LogP contribution in [-0.2, 0) is 4.79 Å². The zero-order valence-corrected chi connectivity index (χ0v) is 8.32. The molecule has 0 spiro atoms. The van der Waals surface area contributed by atoms with Crippen LogP contribution in [0.2, 0.25) is 5.28 Å². The Morgan fingerprint density at radius 1 is 1.71 bits per heavy atom. The molecule has 0 saturated carbocycles. The Balaban J connectivity index is 2.76. The van der Waals surface area contributed by atoms with Crippen LogP contribution in [0.5, 0.6) is 0 Å². The van der Waals surface area contributed by atoms with Crippen molar-refractivity contribution < 1.29 is 9.90 Å². The van der Waals surface area contributed by atoms with Gasteiger partial charge in [0, 0.05) is 17.5 Å². The molecule has 0 saturated heterocycles. The fourth-order valence-electron chi connectivity index (χ4n) is 0.898. The van der Waals surface area contributed by atoms with Gasteiger partial charge in [-0.2, -0.15) is 0 Å². The summed E-state index contributed by atoms with van der Waals surface area (Å²) in [6, 6.07) is 0. The van der Waals surface area contributed by atoms with Crippen molar-refractivity contribution in [2.45, 2.75) is 13.3 Å². The number of hydrogen-bond donors (Lipinski definition) is 1. The summed E-state index contributed by atoms with van der Waals surface area (Å²) in [5, 5.41) is 8.59. The molecule has 0 unspecified atom stereocenters. The minimum Gasteiger partial charge on any atom is -0.481 e. The number of carbonyl (C=O) groups is 1. The predicted octanol–water partition coefficient (Wildman–Crippen LogP) is 1.93. The molecule has 14 heavy (non-hydrogen) atoms. The summed E-state index contributed by atoms with van der Waals surface area (Å²) in [4.78, 5) is 17.9. The Hall–Kier alpha value is -1.42. The molecule has 1 aromatic rings. The second-order valence-electron chi connectivity index (χ2n) is 2.68. The lowest BCUT2D eigenvalue weighted by molar-refractivity contribution is -0.135. The number of carboxylic acids is 1. The number of hydrogen-bond acceptors (Lipinski definition) is 3. The van der Waals surface area contributed by atoms with E-state index in [2.05, 4.69) is 9.97 Å². The zero-order valence-electron chi connectivity index (χ0n) is 7.57. The van der Waals surface area contributed by atoms with Crippen LogP contribution in [0.15, 0.2) is 12.3 Å². The molecule has 0 aliphatic heterocycles. The van der Waals surface area contributed by atoms with E-state index in [0.717, 1.165) is 11.3 Å². The van der Waals surface area contributed by atoms with Gasteiger partial charge in [-0.15, -0.1) is 0 Å². The van der Waals surface area contributed by atoms with E-state index in [9.17, 15) is 4.79 Å². The maximum absolute atomic E-state index is 10.2. The van der Waals surface area contributed by atoms with E-state index < -0.39 is 5.97 Å². The van der Waals surface area contributed by atoms with Gasteiger partial charge in [-0.05, 0) is 18.5 Å². The van der Waals surface area contributed by atoms with Gasteiger partial charge >= 0.3 is 5.97 Å². The van der Waals surface area contributed by atoms with E-state index in [1.807, 2.05) is 0 Å². The highest BCUT2D eigenvalue weighted by Gasteiger charge is 1.98. The van der Waals surface area contributed by atoms with Crippen LogP contribution in [-0.4, -0.2) is 21.0 Å². The first-order chi connectivity index (χ1) is 6.59. The molecular formula is C9H9ClN2O2. The first-order valence-electron chi connectivity index (χ1n) is 3.97. The molecule has 4 nitrogen and oxygen atoms in total. The molecular weight excluding hydrogens is 204 g/mol. The minimum absolute atomic E-state index is 0.0118. The van der Waals surface area contributed by atoms with Crippen molar-refractivity contribution in [3.63, 3.8) is 0 Å². The number of carboxylic acid groups (broad SMARTS) is 1. The lowest BCUT2D eigenvalue weighted by Gasteiger charge is -1.97. The number of halogens is 1. The zero-order chi connectivity index (χ0) is 10.6. The first-order valence-corrected chi connectivity index (χ1v) is 4.35. The standard InChI is InChI=1S/C9H9ClN2O2/c1-6-7(3-2-4-8(13)14)5-11-9(10)12-6/h2-3,5H,4H2,1H3,(H,13,14). The first kappa shape index (κ1) is 10.7. The third kappa shape index (κ3) is 3.14. The molecule has 5 heteroatoms. The van der Waals surface area contributed by atoms with Crippen molar-refractivity contribution in [2.75, 3.05) is 0 Å². The average molecular weight is 213 g/mol. The van der Waals surface area contributed by atoms with Gasteiger partial charge in [-0.25, -0.2) is 9.97 Å². The molecule has 0 bridgehead atoms. The van der Waals surface area contributed by atoms with E-state index in [0.29, 0.717) is 0 Å². The highest BCUT2D eigenvalue weighted by molar-refractivity contribution is 6.28. The minimum atomic E-state index is -0.867. The molecule has 74 valence electrons. The normalized spacial score (nSPS) is 10.7. The van der Waals surface area contributed by atoms with Crippen molar-refractivity contribution in [3.8, 4) is 0 Å². The van der Waals surface area contributed by atoms with Gasteiger partial charge in [-0.1, -0.05) is 12.2 Å². The molecule has 0 aliphatic carbocycles. The summed E-state index contributed by atoms with van der Waals surface area (Å²) in [5.74, 6) is -0.867. The molecule has 1 rings (SSSR count). The molecule has 0 fully saturated rings. The highest BCUT2D eigenvalue weighted by Crippen LogP contribution is 2.09. The van der Waals surface area contributed by atoms with Crippen LogP contribution in [0, 0.1) is 6.92 Å². The Kier molecular flexibility index (Phi) is 3.59. The van der Waals surface area contributed by atoms with Crippen LogP contribution < -0.4 is 0 Å². The third-order valence-corrected chi connectivity index (χ3v) is 1.76. The summed E-state index contributed by atoms with van der Waals surface area (Å²) in [6.45, 7) is 1.79. The number of aryl methyl sites for hydroxylation is 1. The van der Waals surface area contributed by atoms with E-state index in [1.54, 1.807) is 25.3 Å². The van der Waals surface area contributed by atoms with Crippen LogP contribution in [0.1, 0.15) is 17.7 Å². The fourth-order valence-corrected chi connectivity index (χ4v) is 1.07. The topological polar surface area (TPSA) is 63.1 Å². The maximum atomic E-state index is 10.2. The lowest BCUT2D eigenvalue weighted by Crippen LogP contribution is -1.92. The van der Waals surface area contributed by atoms with Crippen molar-refractivity contribution in [1.29, 1.82) is 0 Å². The third-order valence-electron chi connectivity index (χ3n) is 1.58. The second kappa shape index (κ2) is 4.72. The molecule has 0 aromatic carbocycles. The summed E-state index contributed by atoms with van der Waals surface area (Å²) in [7, 11) is 0. The SMILES string of the molecule is Cc1nc(Cl)ncc1C=CCC(=O)O.